The summed E-state index contributed by atoms with van der Waals surface area (Å²) in [7, 11) is 0. The Morgan fingerprint density at radius 2 is 2.12 bits per heavy atom. The molecule has 3 aromatic rings. The molecule has 1 atom stereocenters. The van der Waals surface area contributed by atoms with E-state index < -0.39 is 22.7 Å². The summed E-state index contributed by atoms with van der Waals surface area (Å²) in [6, 6.07) is 12.4. The van der Waals surface area contributed by atoms with Crippen LogP contribution in [0.3, 0.4) is 0 Å². The Morgan fingerprint density at radius 3 is 2.78 bits per heavy atom. The van der Waals surface area contributed by atoms with Gasteiger partial charge in [-0.2, -0.15) is 5.10 Å². The summed E-state index contributed by atoms with van der Waals surface area (Å²) in [6.07, 6.45) is 0.0848. The molecule has 0 saturated heterocycles. The van der Waals surface area contributed by atoms with Crippen molar-refractivity contribution in [3.05, 3.63) is 63.5 Å². The highest BCUT2D eigenvalue weighted by molar-refractivity contribution is 7.14. The van der Waals surface area contributed by atoms with E-state index in [0.717, 1.165) is 11.3 Å². The second-order valence-electron chi connectivity index (χ2n) is 6.43. The van der Waals surface area contributed by atoms with Crippen LogP contribution >= 0.6 is 11.3 Å². The van der Waals surface area contributed by atoms with Gasteiger partial charge in [0.15, 0.2) is 11.9 Å². The molecule has 0 aliphatic rings. The topological polar surface area (TPSA) is 136 Å². The van der Waals surface area contributed by atoms with Crippen LogP contribution in [-0.4, -0.2) is 39.9 Å². The summed E-state index contributed by atoms with van der Waals surface area (Å²) >= 11 is 1.37. The van der Waals surface area contributed by atoms with Gasteiger partial charge in [0.2, 0.25) is 10.9 Å². The summed E-state index contributed by atoms with van der Waals surface area (Å²) in [6.45, 7) is 3.18. The second kappa shape index (κ2) is 10.4. The minimum atomic E-state index is -1.29. The molecular weight excluding hydrogens is 436 g/mol. The number of hydrogen-bond donors (Lipinski definition) is 2. The Labute approximate surface area is 187 Å². The molecule has 0 fully saturated rings. The third kappa shape index (κ3) is 5.58. The van der Waals surface area contributed by atoms with E-state index >= 15 is 0 Å². The van der Waals surface area contributed by atoms with Crippen molar-refractivity contribution in [2.24, 2.45) is 5.10 Å². The predicted octanol–water partition coefficient (Wildman–Crippen LogP) is 4.41. The van der Waals surface area contributed by atoms with Crippen molar-refractivity contribution >= 4 is 34.3 Å². The van der Waals surface area contributed by atoms with E-state index in [9.17, 15) is 14.9 Å². The Kier molecular flexibility index (Phi) is 7.34. The average Bonchev–Trinajstić information content (AvgIpc) is 3.24. The van der Waals surface area contributed by atoms with Crippen molar-refractivity contribution < 1.29 is 24.3 Å². The monoisotopic (exact) mass is 456 g/mol. The molecule has 32 heavy (non-hydrogen) atoms. The molecule has 2 aromatic carbocycles. The van der Waals surface area contributed by atoms with Gasteiger partial charge in [-0.25, -0.2) is 9.78 Å². The molecule has 11 heteroatoms. The number of thiazole rings is 1. The molecule has 2 N–H and O–H groups in total. The van der Waals surface area contributed by atoms with Crippen LogP contribution in [0.1, 0.15) is 19.4 Å². The van der Waals surface area contributed by atoms with E-state index in [-0.39, 0.29) is 18.1 Å². The van der Waals surface area contributed by atoms with Crippen LogP contribution in [0.15, 0.2) is 52.9 Å². The number of benzene rings is 2. The molecule has 10 nitrogen and oxygen atoms in total. The van der Waals surface area contributed by atoms with Gasteiger partial charge in [0.25, 0.3) is 0 Å². The zero-order valence-electron chi connectivity index (χ0n) is 17.2. The fourth-order valence-electron chi connectivity index (χ4n) is 2.66. The summed E-state index contributed by atoms with van der Waals surface area (Å²) in [4.78, 5) is 26.5. The van der Waals surface area contributed by atoms with E-state index in [1.165, 1.54) is 36.6 Å². The van der Waals surface area contributed by atoms with Crippen molar-refractivity contribution in [3.8, 4) is 22.8 Å². The summed E-state index contributed by atoms with van der Waals surface area (Å²) < 4.78 is 10.7. The molecule has 0 spiro atoms. The standard InChI is InChI=1S/C21H20N4O6S/c1-3-30-18-10-14(9-17(25(28)29)19(18)31-13(2)20(26)27)11-22-24-21-23-16(12-32-21)15-7-5-4-6-8-15/h4-13H,3H2,1-2H3,(H,23,24)(H,26,27). The van der Waals surface area contributed by atoms with Gasteiger partial charge in [-0.1, -0.05) is 30.3 Å². The van der Waals surface area contributed by atoms with Crippen molar-refractivity contribution in [1.82, 2.24) is 4.98 Å². The number of carboxylic acids is 1. The molecule has 0 radical (unpaired) electrons. The highest BCUT2D eigenvalue weighted by Gasteiger charge is 2.26. The smallest absolute Gasteiger partial charge is 0.344 e. The maximum Gasteiger partial charge on any atom is 0.344 e. The third-order valence-electron chi connectivity index (χ3n) is 4.14. The minimum absolute atomic E-state index is 0.0527. The molecule has 0 aliphatic heterocycles. The van der Waals surface area contributed by atoms with Crippen molar-refractivity contribution in [3.63, 3.8) is 0 Å². The normalized spacial score (nSPS) is 11.8. The second-order valence-corrected chi connectivity index (χ2v) is 7.29. The van der Waals surface area contributed by atoms with E-state index in [4.69, 9.17) is 14.6 Å². The van der Waals surface area contributed by atoms with Crippen LogP contribution in [0.25, 0.3) is 11.3 Å². The number of nitrogens with one attached hydrogen (secondary N) is 1. The SMILES string of the molecule is CCOc1cc(C=NNc2nc(-c3ccccc3)cs2)cc([N+](=O)[O-])c1OC(C)C(=O)O. The number of ether oxygens (including phenoxy) is 2. The number of nitrogens with zero attached hydrogens (tertiary/aromatic N) is 3. The Bertz CT molecular complexity index is 1130. The summed E-state index contributed by atoms with van der Waals surface area (Å²) in [5.74, 6) is -1.45. The lowest BCUT2D eigenvalue weighted by Gasteiger charge is -2.15. The quantitative estimate of drug-likeness (QED) is 0.260. The molecule has 0 amide bonds. The number of aliphatic carboxylic acids is 1. The number of hydrogen-bond acceptors (Lipinski definition) is 9. The lowest BCUT2D eigenvalue weighted by molar-refractivity contribution is -0.386. The number of aromatic nitrogens is 1. The molecular formula is C21H20N4O6S. The fourth-order valence-corrected chi connectivity index (χ4v) is 3.32. The van der Waals surface area contributed by atoms with Crippen LogP contribution in [0, 0.1) is 10.1 Å². The highest BCUT2D eigenvalue weighted by atomic mass is 32.1. The first-order valence-corrected chi connectivity index (χ1v) is 10.4. The summed E-state index contributed by atoms with van der Waals surface area (Å²) in [5, 5.41) is 27.2. The maximum absolute atomic E-state index is 11.6. The molecule has 0 bridgehead atoms. The summed E-state index contributed by atoms with van der Waals surface area (Å²) in [5.41, 5.74) is 4.52. The van der Waals surface area contributed by atoms with Gasteiger partial charge in [0, 0.05) is 22.6 Å². The Morgan fingerprint density at radius 1 is 1.38 bits per heavy atom. The van der Waals surface area contributed by atoms with Crippen LogP contribution in [0.5, 0.6) is 11.5 Å². The van der Waals surface area contributed by atoms with Gasteiger partial charge in [-0.3, -0.25) is 15.5 Å². The van der Waals surface area contributed by atoms with Gasteiger partial charge in [-0.05, 0) is 19.9 Å². The number of anilines is 1. The third-order valence-corrected chi connectivity index (χ3v) is 4.89. The zero-order chi connectivity index (χ0) is 23.1. The average molecular weight is 456 g/mol. The van der Waals surface area contributed by atoms with Crippen molar-refractivity contribution in [2.75, 3.05) is 12.0 Å². The fraction of sp³-hybridized carbons (Fsp3) is 0.190. The van der Waals surface area contributed by atoms with Crippen LogP contribution in [0.4, 0.5) is 10.8 Å². The highest BCUT2D eigenvalue weighted by Crippen LogP contribution is 2.39. The van der Waals surface area contributed by atoms with Gasteiger partial charge in [0.1, 0.15) is 0 Å². The van der Waals surface area contributed by atoms with Gasteiger partial charge < -0.3 is 14.6 Å². The number of nitro benzene ring substituents is 1. The first-order valence-electron chi connectivity index (χ1n) is 9.53. The number of hydrazone groups is 1. The zero-order valence-corrected chi connectivity index (χ0v) is 18.0. The van der Waals surface area contributed by atoms with Crippen LogP contribution < -0.4 is 14.9 Å². The molecule has 166 valence electrons. The first-order chi connectivity index (χ1) is 15.4. The molecule has 0 aliphatic carbocycles. The largest absolute Gasteiger partial charge is 0.490 e. The molecule has 1 heterocycles. The van der Waals surface area contributed by atoms with Crippen molar-refractivity contribution in [2.45, 2.75) is 20.0 Å². The number of carboxylic acid groups (broad SMARTS) is 1. The predicted molar refractivity (Wildman–Crippen MR) is 121 cm³/mol. The van der Waals surface area contributed by atoms with Crippen LogP contribution in [-0.2, 0) is 4.79 Å². The lowest BCUT2D eigenvalue weighted by Crippen LogP contribution is -2.23. The van der Waals surface area contributed by atoms with Gasteiger partial charge in [0.05, 0.1) is 23.4 Å². The number of carbonyl (C=O) groups is 1. The number of nitro groups is 1. The van der Waals surface area contributed by atoms with Crippen molar-refractivity contribution in [1.29, 1.82) is 0 Å². The Balaban J connectivity index is 1.83. The molecule has 1 unspecified atom stereocenters. The molecule has 0 saturated carbocycles. The molecule has 1 aromatic heterocycles. The van der Waals surface area contributed by atoms with E-state index in [1.807, 2.05) is 35.7 Å². The minimum Gasteiger partial charge on any atom is -0.490 e. The first kappa shape index (κ1) is 22.7. The van der Waals surface area contributed by atoms with Crippen LogP contribution in [0.2, 0.25) is 0 Å². The Hall–Kier alpha value is -3.99. The number of rotatable bonds is 10. The molecule has 3 rings (SSSR count). The maximum atomic E-state index is 11.6. The van der Waals surface area contributed by atoms with E-state index in [1.54, 1.807) is 6.92 Å². The lowest BCUT2D eigenvalue weighted by atomic mass is 10.1. The van der Waals surface area contributed by atoms with E-state index in [2.05, 4.69) is 15.5 Å². The van der Waals surface area contributed by atoms with Gasteiger partial charge in [-0.15, -0.1) is 11.3 Å². The van der Waals surface area contributed by atoms with Gasteiger partial charge >= 0.3 is 11.7 Å². The van der Waals surface area contributed by atoms with E-state index in [0.29, 0.717) is 10.7 Å².